The SMILES string of the molecule is [CH2]CCCCCCCCCCCCCCCCCCCOCCCCCCCCCC[CH2]. The molecule has 0 unspecified atom stereocenters. The summed E-state index contributed by atoms with van der Waals surface area (Å²) in [7, 11) is 0. The highest BCUT2D eigenvalue weighted by molar-refractivity contribution is 4.51. The van der Waals surface area contributed by atoms with Gasteiger partial charge in [0.05, 0.1) is 0 Å². The molecule has 2 radical (unpaired) electrons. The molecule has 0 rings (SSSR count). The highest BCUT2D eigenvalue weighted by Crippen LogP contribution is 2.14. The number of unbranched alkanes of at least 4 members (excludes halogenated alkanes) is 25. The number of hydrogen-bond donors (Lipinski definition) is 0. The van der Waals surface area contributed by atoms with E-state index in [0.29, 0.717) is 0 Å². The Labute approximate surface area is 205 Å². The van der Waals surface area contributed by atoms with Crippen LogP contribution in [0.25, 0.3) is 0 Å². The van der Waals surface area contributed by atoms with Crippen molar-refractivity contribution in [3.63, 3.8) is 0 Å². The maximum Gasteiger partial charge on any atom is 0.0466 e. The summed E-state index contributed by atoms with van der Waals surface area (Å²) in [6.07, 6.45) is 37.4. The third kappa shape index (κ3) is 30.0. The van der Waals surface area contributed by atoms with Gasteiger partial charge >= 0.3 is 0 Å². The van der Waals surface area contributed by atoms with Crippen molar-refractivity contribution in [1.29, 1.82) is 0 Å². The van der Waals surface area contributed by atoms with Gasteiger partial charge in [-0.1, -0.05) is 174 Å². The lowest BCUT2D eigenvalue weighted by molar-refractivity contribution is 0.125. The number of hydrogen-bond acceptors (Lipinski definition) is 1. The molecule has 0 saturated heterocycles. The highest BCUT2D eigenvalue weighted by atomic mass is 16.5. The highest BCUT2D eigenvalue weighted by Gasteiger charge is 1.96. The van der Waals surface area contributed by atoms with Crippen LogP contribution in [0, 0.1) is 13.8 Å². The summed E-state index contributed by atoms with van der Waals surface area (Å²) < 4.78 is 5.81. The molecule has 0 aliphatic carbocycles. The third-order valence-corrected chi connectivity index (χ3v) is 6.83. The first-order valence-corrected chi connectivity index (χ1v) is 15.1. The predicted octanol–water partition coefficient (Wildman–Crippen LogP) is 11.2. The summed E-state index contributed by atoms with van der Waals surface area (Å²) in [5.41, 5.74) is 0. The molecule has 0 aromatic rings. The van der Waals surface area contributed by atoms with Gasteiger partial charge in [-0.15, -0.1) is 0 Å². The van der Waals surface area contributed by atoms with E-state index in [1.165, 1.54) is 161 Å². The monoisotopic (exact) mass is 450 g/mol. The molecule has 0 aromatic carbocycles. The Morgan fingerprint density at radius 1 is 0.250 bits per heavy atom. The minimum absolute atomic E-state index is 0.985. The molecule has 192 valence electrons. The molecule has 0 heterocycles. The van der Waals surface area contributed by atoms with Crippen molar-refractivity contribution in [2.24, 2.45) is 0 Å². The standard InChI is InChI=1S/C31H62O/c1-3-5-7-9-11-13-14-15-16-17-18-19-20-21-23-25-27-29-31-32-30-28-26-24-22-12-10-8-6-4-2/h1-31H2. The van der Waals surface area contributed by atoms with Crippen molar-refractivity contribution in [1.82, 2.24) is 0 Å². The summed E-state index contributed by atoms with van der Waals surface area (Å²) in [5, 5.41) is 0. The van der Waals surface area contributed by atoms with Gasteiger partial charge in [-0.2, -0.15) is 0 Å². The molecular weight excluding hydrogens is 388 g/mol. The summed E-state index contributed by atoms with van der Waals surface area (Å²) in [4.78, 5) is 0. The van der Waals surface area contributed by atoms with E-state index in [1.54, 1.807) is 0 Å². The number of rotatable bonds is 29. The fraction of sp³-hybridized carbons (Fsp3) is 0.935. The van der Waals surface area contributed by atoms with Crippen LogP contribution in [0.5, 0.6) is 0 Å². The average Bonchev–Trinajstić information content (AvgIpc) is 2.81. The van der Waals surface area contributed by atoms with Gasteiger partial charge in [-0.25, -0.2) is 0 Å². The van der Waals surface area contributed by atoms with Gasteiger partial charge in [0.15, 0.2) is 0 Å². The Kier molecular flexibility index (Phi) is 30.9. The predicted molar refractivity (Wildman–Crippen MR) is 146 cm³/mol. The smallest absolute Gasteiger partial charge is 0.0466 e. The van der Waals surface area contributed by atoms with Gasteiger partial charge in [0, 0.05) is 13.2 Å². The molecule has 0 atom stereocenters. The van der Waals surface area contributed by atoms with Crippen LogP contribution in [-0.4, -0.2) is 13.2 Å². The largest absolute Gasteiger partial charge is 0.381 e. The van der Waals surface area contributed by atoms with E-state index in [9.17, 15) is 0 Å². The first-order chi connectivity index (χ1) is 15.9. The van der Waals surface area contributed by atoms with Crippen LogP contribution in [0.2, 0.25) is 0 Å². The number of ether oxygens (including phenoxy) is 1. The summed E-state index contributed by atoms with van der Waals surface area (Å²) in [6.45, 7) is 9.79. The Morgan fingerprint density at radius 2 is 0.438 bits per heavy atom. The summed E-state index contributed by atoms with van der Waals surface area (Å²) in [6, 6.07) is 0. The normalized spacial score (nSPS) is 11.4. The van der Waals surface area contributed by atoms with Crippen LogP contribution < -0.4 is 0 Å². The Bertz CT molecular complexity index is 271. The second-order valence-corrected chi connectivity index (χ2v) is 10.2. The molecule has 1 nitrogen and oxygen atoms in total. The van der Waals surface area contributed by atoms with Crippen LogP contribution in [0.15, 0.2) is 0 Å². The van der Waals surface area contributed by atoms with Crippen molar-refractivity contribution in [3.05, 3.63) is 13.8 Å². The Morgan fingerprint density at radius 3 is 0.656 bits per heavy atom. The lowest BCUT2D eigenvalue weighted by Crippen LogP contribution is -1.97. The molecule has 0 aromatic heterocycles. The maximum absolute atomic E-state index is 5.81. The van der Waals surface area contributed by atoms with Crippen molar-refractivity contribution in [3.8, 4) is 0 Å². The fourth-order valence-corrected chi connectivity index (χ4v) is 4.58. The van der Waals surface area contributed by atoms with Crippen molar-refractivity contribution in [2.45, 2.75) is 173 Å². The summed E-state index contributed by atoms with van der Waals surface area (Å²) in [5.74, 6) is 0. The van der Waals surface area contributed by atoms with Gasteiger partial charge in [0.1, 0.15) is 0 Å². The second-order valence-electron chi connectivity index (χ2n) is 10.2. The van der Waals surface area contributed by atoms with Crippen LogP contribution >= 0.6 is 0 Å². The van der Waals surface area contributed by atoms with E-state index in [-0.39, 0.29) is 0 Å². The molecule has 0 spiro atoms. The van der Waals surface area contributed by atoms with E-state index in [2.05, 4.69) is 13.8 Å². The zero-order chi connectivity index (χ0) is 23.2. The minimum Gasteiger partial charge on any atom is -0.381 e. The summed E-state index contributed by atoms with van der Waals surface area (Å²) >= 11 is 0. The molecule has 0 N–H and O–H groups in total. The molecule has 0 fully saturated rings. The molecule has 0 amide bonds. The van der Waals surface area contributed by atoms with Gasteiger partial charge in [-0.3, -0.25) is 0 Å². The van der Waals surface area contributed by atoms with Crippen molar-refractivity contribution >= 4 is 0 Å². The van der Waals surface area contributed by atoms with E-state index in [1.807, 2.05) is 0 Å². The van der Waals surface area contributed by atoms with E-state index in [4.69, 9.17) is 4.74 Å². The van der Waals surface area contributed by atoms with Gasteiger partial charge in [0.2, 0.25) is 0 Å². The quantitative estimate of drug-likeness (QED) is 0.103. The zero-order valence-corrected chi connectivity index (χ0v) is 22.3. The average molecular weight is 451 g/mol. The molecule has 0 aliphatic heterocycles. The van der Waals surface area contributed by atoms with Crippen LogP contribution in [0.4, 0.5) is 0 Å². The molecule has 32 heavy (non-hydrogen) atoms. The van der Waals surface area contributed by atoms with E-state index >= 15 is 0 Å². The van der Waals surface area contributed by atoms with E-state index < -0.39 is 0 Å². The van der Waals surface area contributed by atoms with Crippen LogP contribution in [0.1, 0.15) is 173 Å². The molecular formula is C31H62O. The van der Waals surface area contributed by atoms with E-state index in [0.717, 1.165) is 26.1 Å². The minimum atomic E-state index is 0.985. The zero-order valence-electron chi connectivity index (χ0n) is 22.3. The molecule has 0 saturated carbocycles. The maximum atomic E-state index is 5.81. The third-order valence-electron chi connectivity index (χ3n) is 6.83. The van der Waals surface area contributed by atoms with Crippen molar-refractivity contribution in [2.75, 3.05) is 13.2 Å². The first kappa shape index (κ1) is 32.0. The van der Waals surface area contributed by atoms with Crippen LogP contribution in [0.3, 0.4) is 0 Å². The Hall–Kier alpha value is -0.0400. The first-order valence-electron chi connectivity index (χ1n) is 15.1. The van der Waals surface area contributed by atoms with Crippen LogP contribution in [-0.2, 0) is 4.74 Å². The fourth-order valence-electron chi connectivity index (χ4n) is 4.58. The topological polar surface area (TPSA) is 9.23 Å². The lowest BCUT2D eigenvalue weighted by atomic mass is 10.0. The van der Waals surface area contributed by atoms with Gasteiger partial charge < -0.3 is 4.74 Å². The Balaban J connectivity index is 2.98. The molecule has 0 aliphatic rings. The molecule has 0 bridgehead atoms. The van der Waals surface area contributed by atoms with Gasteiger partial charge in [-0.05, 0) is 12.8 Å². The second kappa shape index (κ2) is 31.0. The lowest BCUT2D eigenvalue weighted by Gasteiger charge is -2.05. The van der Waals surface area contributed by atoms with Gasteiger partial charge in [0.25, 0.3) is 0 Å². The molecule has 1 heteroatoms. The van der Waals surface area contributed by atoms with Crippen molar-refractivity contribution < 1.29 is 4.74 Å².